The first-order valence-corrected chi connectivity index (χ1v) is 5.85. The summed E-state index contributed by atoms with van der Waals surface area (Å²) in [5.41, 5.74) is 7.53. The van der Waals surface area contributed by atoms with Gasteiger partial charge in [0.2, 0.25) is 0 Å². The van der Waals surface area contributed by atoms with Gasteiger partial charge in [0.25, 0.3) is 0 Å². The largest absolute Gasteiger partial charge is 0.398 e. The quantitative estimate of drug-likeness (QED) is 0.656. The predicted molar refractivity (Wildman–Crippen MR) is 69.5 cm³/mol. The highest BCUT2D eigenvalue weighted by Crippen LogP contribution is 2.18. The molecule has 0 radical (unpaired) electrons. The number of nitriles is 1. The lowest BCUT2D eigenvalue weighted by Crippen LogP contribution is -2.15. The van der Waals surface area contributed by atoms with E-state index in [0.717, 1.165) is 25.1 Å². The van der Waals surface area contributed by atoms with Crippen LogP contribution in [-0.2, 0) is 0 Å². The highest BCUT2D eigenvalue weighted by molar-refractivity contribution is 5.61. The first kappa shape index (κ1) is 13.3. The zero-order valence-corrected chi connectivity index (χ0v) is 10.1. The molecule has 0 amide bonds. The summed E-state index contributed by atoms with van der Waals surface area (Å²) >= 11 is 0. The molecule has 0 aromatic heterocycles. The van der Waals surface area contributed by atoms with Crippen molar-refractivity contribution in [2.45, 2.75) is 19.8 Å². The molecule has 1 unspecified atom stereocenters. The van der Waals surface area contributed by atoms with E-state index in [4.69, 9.17) is 16.1 Å². The number of aliphatic hydroxyl groups is 1. The average Bonchev–Trinajstić information content (AvgIpc) is 2.36. The van der Waals surface area contributed by atoms with Gasteiger partial charge in [-0.15, -0.1) is 0 Å². The van der Waals surface area contributed by atoms with Crippen LogP contribution in [0.25, 0.3) is 0 Å². The van der Waals surface area contributed by atoms with Crippen LogP contribution in [0.3, 0.4) is 0 Å². The zero-order valence-electron chi connectivity index (χ0n) is 10.1. The number of benzene rings is 1. The number of anilines is 2. The van der Waals surface area contributed by atoms with Crippen molar-refractivity contribution in [2.24, 2.45) is 5.92 Å². The Morgan fingerprint density at radius 3 is 2.88 bits per heavy atom. The summed E-state index contributed by atoms with van der Waals surface area (Å²) in [5, 5.41) is 21.0. The van der Waals surface area contributed by atoms with Crippen LogP contribution in [0.4, 0.5) is 11.4 Å². The van der Waals surface area contributed by atoms with Crippen molar-refractivity contribution < 1.29 is 5.11 Å². The molecule has 1 aromatic rings. The standard InChI is InChI=1S/C13H19N3O/c1-2-10(5-6-17)9-16-12-3-4-13(15)11(7-12)8-14/h3-4,7,10,16-17H,2,5-6,9,15H2,1H3. The van der Waals surface area contributed by atoms with Gasteiger partial charge in [0, 0.05) is 24.5 Å². The SMILES string of the molecule is CCC(CCO)CNc1ccc(N)c(C#N)c1. The van der Waals surface area contributed by atoms with Crippen LogP contribution >= 0.6 is 0 Å². The third kappa shape index (κ3) is 3.97. The van der Waals surface area contributed by atoms with Crippen LogP contribution in [0.5, 0.6) is 0 Å². The lowest BCUT2D eigenvalue weighted by molar-refractivity contribution is 0.258. The minimum Gasteiger partial charge on any atom is -0.398 e. The second kappa shape index (κ2) is 6.77. The molecule has 1 aromatic carbocycles. The number of nitrogen functional groups attached to an aromatic ring is 1. The molecule has 0 bridgehead atoms. The van der Waals surface area contributed by atoms with Gasteiger partial charge in [0.1, 0.15) is 6.07 Å². The van der Waals surface area contributed by atoms with Gasteiger partial charge in [-0.25, -0.2) is 0 Å². The number of nitrogens with one attached hydrogen (secondary N) is 1. The third-order valence-corrected chi connectivity index (χ3v) is 2.88. The average molecular weight is 233 g/mol. The lowest BCUT2D eigenvalue weighted by Gasteiger charge is -2.15. The Hall–Kier alpha value is -1.73. The van der Waals surface area contributed by atoms with Crippen molar-refractivity contribution in [1.82, 2.24) is 0 Å². The molecule has 92 valence electrons. The molecule has 17 heavy (non-hydrogen) atoms. The normalized spacial score (nSPS) is 11.8. The van der Waals surface area contributed by atoms with Gasteiger partial charge in [-0.1, -0.05) is 13.3 Å². The van der Waals surface area contributed by atoms with Gasteiger partial charge in [0.15, 0.2) is 0 Å². The molecule has 0 aliphatic rings. The van der Waals surface area contributed by atoms with Crippen LogP contribution in [0.1, 0.15) is 25.3 Å². The molecule has 4 heteroatoms. The van der Waals surface area contributed by atoms with E-state index in [0.29, 0.717) is 17.2 Å². The number of hydrogen-bond donors (Lipinski definition) is 3. The molecule has 4 nitrogen and oxygen atoms in total. The summed E-state index contributed by atoms with van der Waals surface area (Å²) < 4.78 is 0. The molecule has 0 spiro atoms. The second-order valence-electron chi connectivity index (χ2n) is 4.08. The van der Waals surface area contributed by atoms with Crippen LogP contribution in [0.15, 0.2) is 18.2 Å². The molecule has 0 saturated carbocycles. The predicted octanol–water partition coefficient (Wildman–Crippen LogP) is 1.96. The fourth-order valence-corrected chi connectivity index (χ4v) is 1.66. The Balaban J connectivity index is 2.60. The van der Waals surface area contributed by atoms with Crippen molar-refractivity contribution in [2.75, 3.05) is 24.2 Å². The molecule has 1 atom stereocenters. The van der Waals surface area contributed by atoms with Crippen molar-refractivity contribution in [1.29, 1.82) is 5.26 Å². The molecule has 0 aliphatic heterocycles. The minimum absolute atomic E-state index is 0.214. The molecule has 0 heterocycles. The first-order valence-electron chi connectivity index (χ1n) is 5.85. The Labute approximate surface area is 102 Å². The molecule has 0 fully saturated rings. The maximum atomic E-state index is 8.90. The van der Waals surface area contributed by atoms with E-state index in [9.17, 15) is 0 Å². The lowest BCUT2D eigenvalue weighted by atomic mass is 10.0. The van der Waals surface area contributed by atoms with Crippen LogP contribution in [-0.4, -0.2) is 18.3 Å². The van der Waals surface area contributed by atoms with E-state index in [1.165, 1.54) is 0 Å². The molecule has 0 aliphatic carbocycles. The highest BCUT2D eigenvalue weighted by atomic mass is 16.3. The topological polar surface area (TPSA) is 82.1 Å². The van der Waals surface area contributed by atoms with Gasteiger partial charge in [-0.2, -0.15) is 5.26 Å². The van der Waals surface area contributed by atoms with Gasteiger partial charge < -0.3 is 16.2 Å². The Morgan fingerprint density at radius 1 is 1.53 bits per heavy atom. The summed E-state index contributed by atoms with van der Waals surface area (Å²) in [6.45, 7) is 3.11. The molecular formula is C13H19N3O. The molecule has 1 rings (SSSR count). The van der Waals surface area contributed by atoms with E-state index in [-0.39, 0.29) is 6.61 Å². The van der Waals surface area contributed by atoms with Crippen LogP contribution in [0, 0.1) is 17.2 Å². The van der Waals surface area contributed by atoms with Crippen LogP contribution in [0.2, 0.25) is 0 Å². The van der Waals surface area contributed by atoms with E-state index >= 15 is 0 Å². The van der Waals surface area contributed by atoms with Crippen LogP contribution < -0.4 is 11.1 Å². The van der Waals surface area contributed by atoms with E-state index in [1.54, 1.807) is 12.1 Å². The smallest absolute Gasteiger partial charge is 0.101 e. The number of aliphatic hydroxyl groups excluding tert-OH is 1. The van der Waals surface area contributed by atoms with Crippen molar-refractivity contribution in [3.8, 4) is 6.07 Å². The summed E-state index contributed by atoms with van der Waals surface area (Å²) in [4.78, 5) is 0. The number of rotatable bonds is 6. The van der Waals surface area contributed by atoms with E-state index in [2.05, 4.69) is 18.3 Å². The van der Waals surface area contributed by atoms with Gasteiger partial charge in [-0.05, 0) is 30.5 Å². The fourth-order valence-electron chi connectivity index (χ4n) is 1.66. The molecule has 4 N–H and O–H groups in total. The number of nitrogens with zero attached hydrogens (tertiary/aromatic N) is 1. The van der Waals surface area contributed by atoms with Crippen molar-refractivity contribution >= 4 is 11.4 Å². The maximum Gasteiger partial charge on any atom is 0.101 e. The van der Waals surface area contributed by atoms with E-state index < -0.39 is 0 Å². The zero-order chi connectivity index (χ0) is 12.7. The summed E-state index contributed by atoms with van der Waals surface area (Å²) in [6, 6.07) is 7.40. The van der Waals surface area contributed by atoms with Gasteiger partial charge >= 0.3 is 0 Å². The first-order chi connectivity index (χ1) is 8.21. The van der Waals surface area contributed by atoms with Gasteiger partial charge in [0.05, 0.1) is 5.56 Å². The van der Waals surface area contributed by atoms with E-state index in [1.807, 2.05) is 6.07 Å². The third-order valence-electron chi connectivity index (χ3n) is 2.88. The Bertz CT molecular complexity index is 398. The molecular weight excluding hydrogens is 214 g/mol. The summed E-state index contributed by atoms with van der Waals surface area (Å²) in [6.07, 6.45) is 1.82. The minimum atomic E-state index is 0.214. The number of hydrogen-bond acceptors (Lipinski definition) is 4. The highest BCUT2D eigenvalue weighted by Gasteiger charge is 2.06. The molecule has 0 saturated heterocycles. The Kier molecular flexibility index (Phi) is 5.31. The number of nitrogens with two attached hydrogens (primary N) is 1. The summed E-state index contributed by atoms with van der Waals surface area (Å²) in [7, 11) is 0. The Morgan fingerprint density at radius 2 is 2.29 bits per heavy atom. The van der Waals surface area contributed by atoms with Crippen molar-refractivity contribution in [3.05, 3.63) is 23.8 Å². The fraction of sp³-hybridized carbons (Fsp3) is 0.462. The second-order valence-corrected chi connectivity index (χ2v) is 4.08. The maximum absolute atomic E-state index is 8.90. The monoisotopic (exact) mass is 233 g/mol. The van der Waals surface area contributed by atoms with Gasteiger partial charge in [-0.3, -0.25) is 0 Å². The summed E-state index contributed by atoms with van der Waals surface area (Å²) in [5.74, 6) is 0.447. The van der Waals surface area contributed by atoms with Crippen molar-refractivity contribution in [3.63, 3.8) is 0 Å².